The summed E-state index contributed by atoms with van der Waals surface area (Å²) < 4.78 is 23.5. The van der Waals surface area contributed by atoms with Crippen LogP contribution in [0, 0.1) is 5.82 Å². The van der Waals surface area contributed by atoms with Crippen molar-refractivity contribution in [1.82, 2.24) is 15.0 Å². The molecule has 0 atom stereocenters. The van der Waals surface area contributed by atoms with Crippen LogP contribution in [0.25, 0.3) is 10.6 Å². The minimum Gasteiger partial charge on any atom is -0.496 e. The number of aromatic nitrogens is 3. The van der Waals surface area contributed by atoms with Crippen molar-refractivity contribution in [3.63, 3.8) is 0 Å². The number of halogens is 1. The summed E-state index contributed by atoms with van der Waals surface area (Å²) in [5, 5.41) is 3.89. The molecule has 3 rings (SSSR count). The number of hydrogen-bond donors (Lipinski definition) is 1. The molecule has 124 valence electrons. The highest BCUT2D eigenvalue weighted by molar-refractivity contribution is 7.15. The van der Waals surface area contributed by atoms with Gasteiger partial charge in [-0.05, 0) is 12.1 Å². The molecule has 8 heteroatoms. The third-order valence-corrected chi connectivity index (χ3v) is 4.25. The highest BCUT2D eigenvalue weighted by Crippen LogP contribution is 2.32. The molecule has 1 N–H and O–H groups in total. The molecule has 24 heavy (non-hydrogen) atoms. The van der Waals surface area contributed by atoms with E-state index in [-0.39, 0.29) is 5.88 Å². The van der Waals surface area contributed by atoms with E-state index in [1.54, 1.807) is 13.3 Å². The van der Waals surface area contributed by atoms with Crippen molar-refractivity contribution in [3.05, 3.63) is 47.4 Å². The molecule has 0 saturated carbocycles. The lowest BCUT2D eigenvalue weighted by Crippen LogP contribution is -2.04. The van der Waals surface area contributed by atoms with E-state index in [2.05, 4.69) is 20.3 Å². The van der Waals surface area contributed by atoms with E-state index in [1.807, 2.05) is 24.3 Å². The summed E-state index contributed by atoms with van der Waals surface area (Å²) in [5.41, 5.74) is 0.941. The van der Waals surface area contributed by atoms with Crippen LogP contribution in [0.5, 0.6) is 11.6 Å². The van der Waals surface area contributed by atoms with Crippen LogP contribution >= 0.6 is 11.3 Å². The number of rotatable bonds is 6. The van der Waals surface area contributed by atoms with Crippen LogP contribution in [0.4, 0.5) is 10.3 Å². The molecule has 0 aliphatic rings. The maximum Gasteiger partial charge on any atom is 0.255 e. The van der Waals surface area contributed by atoms with E-state index in [4.69, 9.17) is 9.47 Å². The van der Waals surface area contributed by atoms with Gasteiger partial charge >= 0.3 is 0 Å². The highest BCUT2D eigenvalue weighted by Gasteiger charge is 2.11. The van der Waals surface area contributed by atoms with E-state index in [0.29, 0.717) is 12.5 Å². The Labute approximate surface area is 142 Å². The number of nitrogens with one attached hydrogen (secondary N) is 1. The standard InChI is InChI=1S/C16H15FN4O2S/c1-22-13-6-4-3-5-11(13)15-18-7-10(24-15)8-19-16-20-9-12(17)14(21-16)23-2/h3-7,9H,8H2,1-2H3,(H,19,20,21). The van der Waals surface area contributed by atoms with Gasteiger partial charge in [0, 0.05) is 11.1 Å². The smallest absolute Gasteiger partial charge is 0.255 e. The predicted molar refractivity (Wildman–Crippen MR) is 90.0 cm³/mol. The number of hydrogen-bond acceptors (Lipinski definition) is 7. The average Bonchev–Trinajstić information content (AvgIpc) is 3.09. The van der Waals surface area contributed by atoms with Gasteiger partial charge in [-0.15, -0.1) is 11.3 Å². The topological polar surface area (TPSA) is 69.2 Å². The number of anilines is 1. The summed E-state index contributed by atoms with van der Waals surface area (Å²) in [7, 11) is 2.99. The SMILES string of the molecule is COc1ccccc1-c1ncc(CNc2ncc(F)c(OC)n2)s1. The van der Waals surface area contributed by atoms with Crippen molar-refractivity contribution in [2.75, 3.05) is 19.5 Å². The minimum absolute atomic E-state index is 0.0912. The van der Waals surface area contributed by atoms with Crippen molar-refractivity contribution in [2.45, 2.75) is 6.54 Å². The number of ether oxygens (including phenoxy) is 2. The predicted octanol–water partition coefficient (Wildman–Crippen LogP) is 3.37. The lowest BCUT2D eigenvalue weighted by molar-refractivity contribution is 0.368. The van der Waals surface area contributed by atoms with Crippen LogP contribution in [0.2, 0.25) is 0 Å². The average molecular weight is 346 g/mol. The molecule has 0 bridgehead atoms. The summed E-state index contributed by atoms with van der Waals surface area (Å²) in [6.45, 7) is 0.474. The van der Waals surface area contributed by atoms with E-state index in [1.165, 1.54) is 18.4 Å². The molecule has 0 unspecified atom stereocenters. The van der Waals surface area contributed by atoms with Gasteiger partial charge in [0.15, 0.2) is 0 Å². The monoisotopic (exact) mass is 346 g/mol. The van der Waals surface area contributed by atoms with Crippen LogP contribution < -0.4 is 14.8 Å². The molecule has 3 aromatic rings. The molecular weight excluding hydrogens is 331 g/mol. The van der Waals surface area contributed by atoms with Crippen LogP contribution in [-0.4, -0.2) is 29.2 Å². The van der Waals surface area contributed by atoms with Gasteiger partial charge in [0.2, 0.25) is 11.8 Å². The van der Waals surface area contributed by atoms with Gasteiger partial charge in [0.05, 0.1) is 32.5 Å². The zero-order valence-electron chi connectivity index (χ0n) is 13.1. The zero-order valence-corrected chi connectivity index (χ0v) is 13.9. The lowest BCUT2D eigenvalue weighted by atomic mass is 10.2. The van der Waals surface area contributed by atoms with Crippen molar-refractivity contribution in [3.8, 4) is 22.2 Å². The first-order valence-electron chi connectivity index (χ1n) is 7.09. The first-order chi connectivity index (χ1) is 11.7. The third-order valence-electron chi connectivity index (χ3n) is 3.22. The fourth-order valence-corrected chi connectivity index (χ4v) is 2.96. The van der Waals surface area contributed by atoms with E-state index in [0.717, 1.165) is 27.4 Å². The van der Waals surface area contributed by atoms with Gasteiger partial charge in [0.1, 0.15) is 10.8 Å². The Hall–Kier alpha value is -2.74. The summed E-state index contributed by atoms with van der Waals surface area (Å²) in [5.74, 6) is 0.379. The summed E-state index contributed by atoms with van der Waals surface area (Å²) in [6, 6.07) is 7.71. The maximum atomic E-state index is 13.3. The van der Waals surface area contributed by atoms with Crippen LogP contribution in [0.1, 0.15) is 4.88 Å². The van der Waals surface area contributed by atoms with Crippen LogP contribution in [0.15, 0.2) is 36.7 Å². The van der Waals surface area contributed by atoms with Gasteiger partial charge in [-0.25, -0.2) is 9.97 Å². The summed E-state index contributed by atoms with van der Waals surface area (Å²) in [6.07, 6.45) is 2.85. The molecule has 0 radical (unpaired) electrons. The fraction of sp³-hybridized carbons (Fsp3) is 0.188. The molecule has 1 aromatic carbocycles. The van der Waals surface area contributed by atoms with E-state index in [9.17, 15) is 4.39 Å². The number of para-hydroxylation sites is 1. The molecule has 0 aliphatic heterocycles. The van der Waals surface area contributed by atoms with Crippen molar-refractivity contribution in [2.24, 2.45) is 0 Å². The second-order valence-corrected chi connectivity index (χ2v) is 5.85. The van der Waals surface area contributed by atoms with Gasteiger partial charge in [-0.3, -0.25) is 0 Å². The largest absolute Gasteiger partial charge is 0.496 e. The Balaban J connectivity index is 1.73. The first-order valence-corrected chi connectivity index (χ1v) is 7.91. The van der Waals surface area contributed by atoms with Crippen molar-refractivity contribution < 1.29 is 13.9 Å². The first kappa shape index (κ1) is 16.1. The summed E-state index contributed by atoms with van der Waals surface area (Å²) in [4.78, 5) is 13.2. The molecule has 0 saturated heterocycles. The molecule has 0 amide bonds. The molecule has 0 fully saturated rings. The second-order valence-electron chi connectivity index (χ2n) is 4.74. The number of thiazole rings is 1. The van der Waals surface area contributed by atoms with Crippen LogP contribution in [0.3, 0.4) is 0 Å². The van der Waals surface area contributed by atoms with Gasteiger partial charge < -0.3 is 14.8 Å². The molecule has 2 heterocycles. The Bertz CT molecular complexity index is 840. The van der Waals surface area contributed by atoms with E-state index < -0.39 is 5.82 Å². The zero-order chi connectivity index (χ0) is 16.9. The summed E-state index contributed by atoms with van der Waals surface area (Å²) >= 11 is 1.53. The second kappa shape index (κ2) is 7.22. The van der Waals surface area contributed by atoms with Gasteiger partial charge in [0.25, 0.3) is 5.88 Å². The lowest BCUT2D eigenvalue weighted by Gasteiger charge is -2.05. The van der Waals surface area contributed by atoms with Crippen molar-refractivity contribution >= 4 is 17.3 Å². The number of nitrogens with zero attached hydrogens (tertiary/aromatic N) is 3. The molecule has 2 aromatic heterocycles. The Morgan fingerprint density at radius 2 is 1.96 bits per heavy atom. The highest BCUT2D eigenvalue weighted by atomic mass is 32.1. The Kier molecular flexibility index (Phi) is 4.85. The molecular formula is C16H15FN4O2S. The Morgan fingerprint density at radius 3 is 2.75 bits per heavy atom. The normalized spacial score (nSPS) is 10.5. The van der Waals surface area contributed by atoms with Crippen molar-refractivity contribution in [1.29, 1.82) is 0 Å². The van der Waals surface area contributed by atoms with Crippen LogP contribution in [-0.2, 0) is 6.54 Å². The maximum absolute atomic E-state index is 13.3. The minimum atomic E-state index is -0.598. The Morgan fingerprint density at radius 1 is 1.12 bits per heavy atom. The number of benzene rings is 1. The molecule has 6 nitrogen and oxygen atoms in total. The van der Waals surface area contributed by atoms with Gasteiger partial charge in [-0.1, -0.05) is 12.1 Å². The van der Waals surface area contributed by atoms with Gasteiger partial charge in [-0.2, -0.15) is 9.37 Å². The molecule has 0 aliphatic carbocycles. The molecule has 0 spiro atoms. The number of methoxy groups -OCH3 is 2. The van der Waals surface area contributed by atoms with E-state index >= 15 is 0 Å². The quantitative estimate of drug-likeness (QED) is 0.738. The fourth-order valence-electron chi connectivity index (χ4n) is 2.08. The third kappa shape index (κ3) is 3.43.